The van der Waals surface area contributed by atoms with E-state index >= 15 is 0 Å². The van der Waals surface area contributed by atoms with Crippen LogP contribution in [0, 0.1) is 21.4 Å². The summed E-state index contributed by atoms with van der Waals surface area (Å²) in [6, 6.07) is 20.0. The summed E-state index contributed by atoms with van der Waals surface area (Å²) >= 11 is 18.5. The quantitative estimate of drug-likeness (QED) is 0.239. The molecule has 0 aliphatic rings. The minimum atomic E-state index is -0.490. The lowest BCUT2D eigenvalue weighted by Gasteiger charge is -2.06. The van der Waals surface area contributed by atoms with E-state index in [1.807, 2.05) is 0 Å². The molecule has 6 nitrogen and oxygen atoms in total. The van der Waals surface area contributed by atoms with Crippen LogP contribution in [0.1, 0.15) is 5.69 Å². The summed E-state index contributed by atoms with van der Waals surface area (Å²) in [4.78, 5) is 10.5. The first-order chi connectivity index (χ1) is 14.9. The van der Waals surface area contributed by atoms with Gasteiger partial charge in [0.2, 0.25) is 0 Å². The van der Waals surface area contributed by atoms with Gasteiger partial charge in [-0.05, 0) is 48.0 Å². The molecule has 0 saturated carbocycles. The minimum Gasteiger partial charge on any atom is -0.258 e. The fourth-order valence-corrected chi connectivity index (χ4v) is 3.81. The number of benzene rings is 3. The number of nitro benzene ring substituents is 1. The highest BCUT2D eigenvalue weighted by Crippen LogP contribution is 2.39. The fraction of sp³-hybridized carbons (Fsp3) is 0. The summed E-state index contributed by atoms with van der Waals surface area (Å²) in [5.41, 5.74) is 3.02. The Hall–Kier alpha value is -3.37. The second-order valence-corrected chi connectivity index (χ2v) is 7.78. The molecule has 4 aromatic rings. The van der Waals surface area contributed by atoms with E-state index in [9.17, 15) is 15.4 Å². The van der Waals surface area contributed by atoms with Gasteiger partial charge in [0.25, 0.3) is 5.69 Å². The molecule has 31 heavy (non-hydrogen) atoms. The standard InChI is InChI=1S/C22H11Cl3N4O2/c23-14-3-1-13(2-4-14)21-20(12-26)28(16-6-8-17(9-7-16)29(30)31)27-22(21)18-10-5-15(24)11-19(18)25/h1-11H. The lowest BCUT2D eigenvalue weighted by Crippen LogP contribution is -2.00. The molecule has 0 bridgehead atoms. The van der Waals surface area contributed by atoms with E-state index in [0.29, 0.717) is 37.6 Å². The molecule has 0 spiro atoms. The van der Waals surface area contributed by atoms with E-state index in [1.165, 1.54) is 28.9 Å². The number of aromatic nitrogens is 2. The number of halogens is 3. The Labute approximate surface area is 192 Å². The van der Waals surface area contributed by atoms with Gasteiger partial charge < -0.3 is 0 Å². The van der Waals surface area contributed by atoms with E-state index in [4.69, 9.17) is 34.8 Å². The van der Waals surface area contributed by atoms with Gasteiger partial charge in [-0.1, -0.05) is 46.9 Å². The number of hydrogen-bond acceptors (Lipinski definition) is 4. The van der Waals surface area contributed by atoms with Crippen LogP contribution in [-0.4, -0.2) is 14.7 Å². The predicted molar refractivity (Wildman–Crippen MR) is 121 cm³/mol. The lowest BCUT2D eigenvalue weighted by molar-refractivity contribution is -0.384. The molecule has 4 rings (SSSR count). The van der Waals surface area contributed by atoms with Crippen LogP contribution in [0.15, 0.2) is 66.7 Å². The Morgan fingerprint density at radius 3 is 2.16 bits per heavy atom. The Balaban J connectivity index is 2.00. The van der Waals surface area contributed by atoms with Crippen molar-refractivity contribution in [2.24, 2.45) is 0 Å². The van der Waals surface area contributed by atoms with E-state index < -0.39 is 4.92 Å². The normalized spacial score (nSPS) is 10.6. The second-order valence-electron chi connectivity index (χ2n) is 6.50. The zero-order chi connectivity index (χ0) is 22.1. The average molecular weight is 470 g/mol. The van der Waals surface area contributed by atoms with Gasteiger partial charge in [0.1, 0.15) is 11.8 Å². The van der Waals surface area contributed by atoms with Gasteiger partial charge in [0.15, 0.2) is 5.69 Å². The second kappa shape index (κ2) is 8.40. The Morgan fingerprint density at radius 1 is 0.935 bits per heavy atom. The van der Waals surface area contributed by atoms with Crippen molar-refractivity contribution in [2.45, 2.75) is 0 Å². The molecule has 0 amide bonds. The zero-order valence-corrected chi connectivity index (χ0v) is 17.9. The zero-order valence-electron chi connectivity index (χ0n) is 15.6. The summed E-state index contributed by atoms with van der Waals surface area (Å²) in [5.74, 6) is 0. The van der Waals surface area contributed by atoms with Gasteiger partial charge in [-0.3, -0.25) is 10.1 Å². The van der Waals surface area contributed by atoms with E-state index in [-0.39, 0.29) is 11.4 Å². The molecule has 1 aromatic heterocycles. The predicted octanol–water partition coefficient (Wildman–Crippen LogP) is 6.95. The highest BCUT2D eigenvalue weighted by molar-refractivity contribution is 6.36. The molecule has 0 atom stereocenters. The van der Waals surface area contributed by atoms with Crippen molar-refractivity contribution in [3.05, 3.63) is 97.6 Å². The molecular formula is C22H11Cl3N4O2. The first kappa shape index (κ1) is 20.9. The third-order valence-corrected chi connectivity index (χ3v) is 5.42. The van der Waals surface area contributed by atoms with Crippen molar-refractivity contribution in [3.63, 3.8) is 0 Å². The van der Waals surface area contributed by atoms with Crippen LogP contribution in [0.2, 0.25) is 15.1 Å². The number of nitriles is 1. The van der Waals surface area contributed by atoms with Crippen LogP contribution >= 0.6 is 34.8 Å². The summed E-state index contributed by atoms with van der Waals surface area (Å²) in [5, 5.41) is 27.0. The number of rotatable bonds is 4. The number of hydrogen-bond donors (Lipinski definition) is 0. The smallest absolute Gasteiger partial charge is 0.258 e. The molecule has 3 aromatic carbocycles. The van der Waals surface area contributed by atoms with Crippen molar-refractivity contribution in [1.29, 1.82) is 5.26 Å². The molecular weight excluding hydrogens is 459 g/mol. The maximum atomic E-state index is 11.0. The Kier molecular flexibility index (Phi) is 5.66. The van der Waals surface area contributed by atoms with Gasteiger partial charge in [-0.2, -0.15) is 10.4 Å². The van der Waals surface area contributed by atoms with Crippen LogP contribution in [0.5, 0.6) is 0 Å². The first-order valence-electron chi connectivity index (χ1n) is 8.88. The molecule has 0 unspecified atom stereocenters. The van der Waals surface area contributed by atoms with Gasteiger partial charge in [-0.25, -0.2) is 4.68 Å². The monoisotopic (exact) mass is 468 g/mol. The van der Waals surface area contributed by atoms with Gasteiger partial charge in [0.05, 0.1) is 15.6 Å². The average Bonchev–Trinajstić information content (AvgIpc) is 3.13. The molecule has 0 N–H and O–H groups in total. The van der Waals surface area contributed by atoms with Gasteiger partial charge in [0, 0.05) is 33.3 Å². The summed E-state index contributed by atoms with van der Waals surface area (Å²) in [6.07, 6.45) is 0. The van der Waals surface area contributed by atoms with Gasteiger partial charge >= 0.3 is 0 Å². The molecule has 152 valence electrons. The lowest BCUT2D eigenvalue weighted by atomic mass is 9.99. The molecule has 0 fully saturated rings. The van der Waals surface area contributed by atoms with Crippen LogP contribution in [0.3, 0.4) is 0 Å². The van der Waals surface area contributed by atoms with Crippen molar-refractivity contribution in [3.8, 4) is 34.1 Å². The van der Waals surface area contributed by atoms with Crippen molar-refractivity contribution in [1.82, 2.24) is 9.78 Å². The third kappa shape index (κ3) is 3.99. The summed E-state index contributed by atoms with van der Waals surface area (Å²) in [7, 11) is 0. The molecule has 0 radical (unpaired) electrons. The van der Waals surface area contributed by atoms with E-state index in [0.717, 1.165) is 5.56 Å². The topological polar surface area (TPSA) is 84.8 Å². The molecule has 9 heteroatoms. The largest absolute Gasteiger partial charge is 0.269 e. The summed E-state index contributed by atoms with van der Waals surface area (Å²) in [6.45, 7) is 0. The van der Waals surface area contributed by atoms with Crippen molar-refractivity contribution in [2.75, 3.05) is 0 Å². The van der Waals surface area contributed by atoms with Crippen LogP contribution < -0.4 is 0 Å². The van der Waals surface area contributed by atoms with E-state index in [2.05, 4.69) is 11.2 Å². The van der Waals surface area contributed by atoms with E-state index in [1.54, 1.807) is 42.5 Å². The Bertz CT molecular complexity index is 1340. The van der Waals surface area contributed by atoms with Gasteiger partial charge in [-0.15, -0.1) is 0 Å². The Morgan fingerprint density at radius 2 is 1.58 bits per heavy atom. The van der Waals surface area contributed by atoms with Crippen LogP contribution in [0.4, 0.5) is 5.69 Å². The summed E-state index contributed by atoms with van der Waals surface area (Å²) < 4.78 is 1.44. The van der Waals surface area contributed by atoms with Crippen molar-refractivity contribution >= 4 is 40.5 Å². The van der Waals surface area contributed by atoms with Crippen molar-refractivity contribution < 1.29 is 4.92 Å². The fourth-order valence-electron chi connectivity index (χ4n) is 3.18. The maximum Gasteiger partial charge on any atom is 0.269 e. The number of nitro groups is 1. The molecule has 1 heterocycles. The van der Waals surface area contributed by atoms with Crippen LogP contribution in [0.25, 0.3) is 28.1 Å². The molecule has 0 aliphatic heterocycles. The first-order valence-corrected chi connectivity index (χ1v) is 10.0. The highest BCUT2D eigenvalue weighted by atomic mass is 35.5. The van der Waals surface area contributed by atoms with Crippen LogP contribution in [-0.2, 0) is 0 Å². The maximum absolute atomic E-state index is 11.0. The molecule has 0 saturated heterocycles. The number of non-ortho nitro benzene ring substituents is 1. The SMILES string of the molecule is N#Cc1c(-c2ccc(Cl)cc2)c(-c2ccc(Cl)cc2Cl)nn1-c1ccc([N+](=O)[O-])cc1. The molecule has 0 aliphatic carbocycles. The number of nitrogens with zero attached hydrogens (tertiary/aromatic N) is 4. The minimum absolute atomic E-state index is 0.0618. The highest BCUT2D eigenvalue weighted by Gasteiger charge is 2.23. The third-order valence-electron chi connectivity index (χ3n) is 4.62.